The number of rotatable bonds is 2. The molecule has 0 saturated carbocycles. The van der Waals surface area contributed by atoms with Crippen LogP contribution in [-0.2, 0) is 0 Å². The quantitative estimate of drug-likeness (QED) is 0.523. The first-order chi connectivity index (χ1) is 9.72. The third-order valence-electron chi connectivity index (χ3n) is 3.66. The molecular weight excluding hydrogens is 240 g/mol. The fraction of sp³-hybridized carbons (Fsp3) is 0.100. The minimum Gasteiger partial charge on any atom is -0.0616 e. The molecule has 0 amide bonds. The molecule has 0 aromatic heterocycles. The second-order valence-electron chi connectivity index (χ2n) is 5.30. The molecule has 20 heavy (non-hydrogen) atoms. The molecule has 0 fully saturated rings. The summed E-state index contributed by atoms with van der Waals surface area (Å²) in [4.78, 5) is 0. The average Bonchev–Trinajstić information content (AvgIpc) is 2.48. The summed E-state index contributed by atoms with van der Waals surface area (Å²) in [6, 6.07) is 21.6. The minimum atomic E-state index is 1.24. The van der Waals surface area contributed by atoms with Crippen LogP contribution in [0.4, 0.5) is 0 Å². The second kappa shape index (κ2) is 5.34. The Balaban J connectivity index is 1.96. The molecule has 0 bridgehead atoms. The van der Waals surface area contributed by atoms with Gasteiger partial charge in [0.05, 0.1) is 0 Å². The van der Waals surface area contributed by atoms with Gasteiger partial charge in [-0.1, -0.05) is 72.3 Å². The molecule has 0 heterocycles. The fourth-order valence-corrected chi connectivity index (χ4v) is 2.44. The van der Waals surface area contributed by atoms with E-state index < -0.39 is 0 Å². The Labute approximate surface area is 120 Å². The summed E-state index contributed by atoms with van der Waals surface area (Å²) < 4.78 is 0. The van der Waals surface area contributed by atoms with Crippen LogP contribution < -0.4 is 0 Å². The van der Waals surface area contributed by atoms with Crippen molar-refractivity contribution >= 4 is 22.9 Å². The van der Waals surface area contributed by atoms with Gasteiger partial charge in [0, 0.05) is 0 Å². The second-order valence-corrected chi connectivity index (χ2v) is 5.30. The van der Waals surface area contributed by atoms with Crippen molar-refractivity contribution in [2.45, 2.75) is 13.8 Å². The predicted molar refractivity (Wildman–Crippen MR) is 88.8 cm³/mol. The highest BCUT2D eigenvalue weighted by Gasteiger charge is 1.96. The van der Waals surface area contributed by atoms with Crippen LogP contribution in [0.1, 0.15) is 22.3 Å². The number of benzene rings is 3. The summed E-state index contributed by atoms with van der Waals surface area (Å²) in [5.41, 5.74) is 5.14. The van der Waals surface area contributed by atoms with Crippen molar-refractivity contribution in [1.29, 1.82) is 0 Å². The van der Waals surface area contributed by atoms with E-state index in [-0.39, 0.29) is 0 Å². The first-order valence-electron chi connectivity index (χ1n) is 6.96. The van der Waals surface area contributed by atoms with Crippen molar-refractivity contribution in [1.82, 2.24) is 0 Å². The van der Waals surface area contributed by atoms with Crippen molar-refractivity contribution in [2.24, 2.45) is 0 Å². The molecule has 0 aliphatic heterocycles. The van der Waals surface area contributed by atoms with Gasteiger partial charge in [-0.05, 0) is 47.4 Å². The van der Waals surface area contributed by atoms with Crippen LogP contribution in [0.5, 0.6) is 0 Å². The summed E-state index contributed by atoms with van der Waals surface area (Å²) in [6.07, 6.45) is 4.39. The summed E-state index contributed by atoms with van der Waals surface area (Å²) in [6.45, 7) is 4.28. The molecule has 0 unspecified atom stereocenters. The molecule has 0 aliphatic carbocycles. The van der Waals surface area contributed by atoms with Crippen LogP contribution >= 0.6 is 0 Å². The Morgan fingerprint density at radius 1 is 0.700 bits per heavy atom. The summed E-state index contributed by atoms with van der Waals surface area (Å²) in [7, 11) is 0. The zero-order chi connectivity index (χ0) is 13.9. The number of hydrogen-bond donors (Lipinski definition) is 0. The van der Waals surface area contributed by atoms with Crippen LogP contribution in [0, 0.1) is 13.8 Å². The van der Waals surface area contributed by atoms with E-state index in [2.05, 4.69) is 86.7 Å². The Hall–Kier alpha value is -2.34. The Bertz CT molecular complexity index is 779. The van der Waals surface area contributed by atoms with Crippen LogP contribution in [-0.4, -0.2) is 0 Å². The molecule has 3 aromatic rings. The zero-order valence-corrected chi connectivity index (χ0v) is 11.9. The summed E-state index contributed by atoms with van der Waals surface area (Å²) in [5.74, 6) is 0. The van der Waals surface area contributed by atoms with Gasteiger partial charge >= 0.3 is 0 Å². The predicted octanol–water partition coefficient (Wildman–Crippen LogP) is 5.63. The number of hydrogen-bond acceptors (Lipinski definition) is 0. The van der Waals surface area contributed by atoms with Gasteiger partial charge < -0.3 is 0 Å². The highest BCUT2D eigenvalue weighted by Crippen LogP contribution is 2.18. The van der Waals surface area contributed by atoms with Crippen LogP contribution in [0.25, 0.3) is 22.9 Å². The molecule has 3 rings (SSSR count). The maximum Gasteiger partial charge on any atom is -0.0178 e. The number of fused-ring (bicyclic) bond motifs is 1. The van der Waals surface area contributed by atoms with Gasteiger partial charge in [0.25, 0.3) is 0 Å². The largest absolute Gasteiger partial charge is 0.0616 e. The van der Waals surface area contributed by atoms with Crippen molar-refractivity contribution in [3.8, 4) is 0 Å². The van der Waals surface area contributed by atoms with Crippen molar-refractivity contribution in [2.75, 3.05) is 0 Å². The summed E-state index contributed by atoms with van der Waals surface area (Å²) in [5, 5.41) is 2.58. The molecule has 0 nitrogen and oxygen atoms in total. The van der Waals surface area contributed by atoms with Gasteiger partial charge in [0.1, 0.15) is 0 Å². The number of aryl methyl sites for hydroxylation is 2. The normalized spacial score (nSPS) is 11.3. The lowest BCUT2D eigenvalue weighted by atomic mass is 10.0. The van der Waals surface area contributed by atoms with E-state index in [0.29, 0.717) is 0 Å². The smallest absolute Gasteiger partial charge is 0.0178 e. The lowest BCUT2D eigenvalue weighted by Crippen LogP contribution is -1.82. The average molecular weight is 258 g/mol. The summed E-state index contributed by atoms with van der Waals surface area (Å²) >= 11 is 0. The van der Waals surface area contributed by atoms with Crippen LogP contribution in [0.2, 0.25) is 0 Å². The van der Waals surface area contributed by atoms with E-state index in [1.165, 1.54) is 33.0 Å². The molecule has 0 N–H and O–H groups in total. The van der Waals surface area contributed by atoms with Gasteiger partial charge in [-0.15, -0.1) is 0 Å². The highest BCUT2D eigenvalue weighted by atomic mass is 14.0. The van der Waals surface area contributed by atoms with E-state index in [0.717, 1.165) is 0 Å². The molecule has 0 heteroatoms. The van der Waals surface area contributed by atoms with E-state index in [1.54, 1.807) is 0 Å². The Morgan fingerprint density at radius 2 is 1.50 bits per heavy atom. The standard InChI is InChI=1S/C20H18/c1-15-7-8-16(2)19(13-15)12-10-17-9-11-18-5-3-4-6-20(18)14-17/h3-14H,1-2H3/b12-10+. The van der Waals surface area contributed by atoms with E-state index in [9.17, 15) is 0 Å². The Morgan fingerprint density at radius 3 is 2.35 bits per heavy atom. The van der Waals surface area contributed by atoms with Crippen LogP contribution in [0.3, 0.4) is 0 Å². The van der Waals surface area contributed by atoms with Gasteiger partial charge in [-0.3, -0.25) is 0 Å². The van der Waals surface area contributed by atoms with E-state index in [1.807, 2.05) is 0 Å². The fourth-order valence-electron chi connectivity index (χ4n) is 2.44. The molecule has 0 aliphatic rings. The molecule has 3 aromatic carbocycles. The molecule has 0 atom stereocenters. The minimum absolute atomic E-state index is 1.24. The van der Waals surface area contributed by atoms with E-state index >= 15 is 0 Å². The SMILES string of the molecule is Cc1ccc(C)c(/C=C/c2ccc3ccccc3c2)c1. The van der Waals surface area contributed by atoms with E-state index in [4.69, 9.17) is 0 Å². The Kier molecular flexibility index (Phi) is 3.39. The lowest BCUT2D eigenvalue weighted by Gasteiger charge is -2.02. The zero-order valence-electron chi connectivity index (χ0n) is 11.9. The molecular formula is C20H18. The first kappa shape index (κ1) is 12.7. The van der Waals surface area contributed by atoms with Gasteiger partial charge in [0.15, 0.2) is 0 Å². The van der Waals surface area contributed by atoms with Crippen molar-refractivity contribution < 1.29 is 0 Å². The molecule has 98 valence electrons. The van der Waals surface area contributed by atoms with Crippen molar-refractivity contribution in [3.05, 3.63) is 82.9 Å². The topological polar surface area (TPSA) is 0 Å². The first-order valence-corrected chi connectivity index (χ1v) is 6.96. The maximum atomic E-state index is 2.23. The van der Waals surface area contributed by atoms with Crippen molar-refractivity contribution in [3.63, 3.8) is 0 Å². The monoisotopic (exact) mass is 258 g/mol. The molecule has 0 radical (unpaired) electrons. The third-order valence-corrected chi connectivity index (χ3v) is 3.66. The lowest BCUT2D eigenvalue weighted by molar-refractivity contribution is 1.38. The molecule has 0 spiro atoms. The third kappa shape index (κ3) is 2.65. The maximum absolute atomic E-state index is 2.23. The van der Waals surface area contributed by atoms with Gasteiger partial charge in [0.2, 0.25) is 0 Å². The molecule has 0 saturated heterocycles. The van der Waals surface area contributed by atoms with Crippen LogP contribution in [0.15, 0.2) is 60.7 Å². The van der Waals surface area contributed by atoms with Gasteiger partial charge in [-0.2, -0.15) is 0 Å². The van der Waals surface area contributed by atoms with Gasteiger partial charge in [-0.25, -0.2) is 0 Å². The highest BCUT2D eigenvalue weighted by molar-refractivity contribution is 5.86.